The first-order chi connectivity index (χ1) is 11.6. The third kappa shape index (κ3) is 3.60. The molecule has 3 rings (SSSR count). The molecule has 0 bridgehead atoms. The first-order valence-electron chi connectivity index (χ1n) is 7.81. The van der Waals surface area contributed by atoms with Crippen LogP contribution >= 0.6 is 0 Å². The van der Waals surface area contributed by atoms with Gasteiger partial charge in [-0.3, -0.25) is 9.78 Å². The van der Waals surface area contributed by atoms with E-state index < -0.39 is 0 Å². The van der Waals surface area contributed by atoms with Gasteiger partial charge in [0.25, 0.3) is 5.91 Å². The van der Waals surface area contributed by atoms with E-state index in [0.717, 1.165) is 16.7 Å². The van der Waals surface area contributed by atoms with Gasteiger partial charge < -0.3 is 11.1 Å². The molecule has 2 aromatic carbocycles. The van der Waals surface area contributed by atoms with E-state index in [-0.39, 0.29) is 11.9 Å². The summed E-state index contributed by atoms with van der Waals surface area (Å²) < 4.78 is 0. The monoisotopic (exact) mass is 317 g/mol. The Labute approximate surface area is 141 Å². The molecule has 1 amide bonds. The second kappa shape index (κ2) is 6.96. The number of nitrogen functional groups attached to an aromatic ring is 1. The average molecular weight is 317 g/mol. The summed E-state index contributed by atoms with van der Waals surface area (Å²) in [5.41, 5.74) is 9.85. The molecular formula is C20H19N3O. The Morgan fingerprint density at radius 3 is 2.29 bits per heavy atom. The molecule has 1 heterocycles. The number of hydrogen-bond acceptors (Lipinski definition) is 3. The summed E-state index contributed by atoms with van der Waals surface area (Å²) in [5.74, 6) is -0.195. The van der Waals surface area contributed by atoms with Gasteiger partial charge >= 0.3 is 0 Å². The van der Waals surface area contributed by atoms with Crippen molar-refractivity contribution in [3.05, 3.63) is 84.2 Å². The average Bonchev–Trinajstić information content (AvgIpc) is 2.63. The topological polar surface area (TPSA) is 68.0 Å². The van der Waals surface area contributed by atoms with Crippen LogP contribution in [0, 0.1) is 0 Å². The van der Waals surface area contributed by atoms with Gasteiger partial charge in [-0.2, -0.15) is 0 Å². The van der Waals surface area contributed by atoms with Crippen molar-refractivity contribution < 1.29 is 4.79 Å². The van der Waals surface area contributed by atoms with Crippen molar-refractivity contribution in [1.29, 1.82) is 0 Å². The molecule has 0 saturated heterocycles. The Kier molecular flexibility index (Phi) is 4.57. The molecule has 4 nitrogen and oxygen atoms in total. The number of rotatable bonds is 4. The molecule has 24 heavy (non-hydrogen) atoms. The fraction of sp³-hybridized carbons (Fsp3) is 0.100. The number of anilines is 1. The Morgan fingerprint density at radius 2 is 1.67 bits per heavy atom. The molecule has 0 aliphatic heterocycles. The number of pyridine rings is 1. The number of nitrogens with two attached hydrogens (primary N) is 1. The maximum absolute atomic E-state index is 12.3. The lowest BCUT2D eigenvalue weighted by Gasteiger charge is -2.14. The van der Waals surface area contributed by atoms with Gasteiger partial charge in [0.15, 0.2) is 0 Å². The fourth-order valence-electron chi connectivity index (χ4n) is 2.47. The van der Waals surface area contributed by atoms with Crippen molar-refractivity contribution in [2.75, 3.05) is 5.73 Å². The first-order valence-corrected chi connectivity index (χ1v) is 7.81. The second-order valence-electron chi connectivity index (χ2n) is 5.66. The van der Waals surface area contributed by atoms with Gasteiger partial charge in [-0.15, -0.1) is 0 Å². The van der Waals surface area contributed by atoms with Gasteiger partial charge in [-0.05, 0) is 36.2 Å². The van der Waals surface area contributed by atoms with Crippen LogP contribution in [0.4, 0.5) is 5.69 Å². The zero-order chi connectivity index (χ0) is 16.9. The maximum atomic E-state index is 12.3. The van der Waals surface area contributed by atoms with E-state index in [1.165, 1.54) is 0 Å². The largest absolute Gasteiger partial charge is 0.399 e. The summed E-state index contributed by atoms with van der Waals surface area (Å²) in [7, 11) is 0. The minimum atomic E-state index is -0.195. The number of aromatic nitrogens is 1. The lowest BCUT2D eigenvalue weighted by atomic mass is 10.1. The third-order valence-corrected chi connectivity index (χ3v) is 3.89. The van der Waals surface area contributed by atoms with Gasteiger partial charge in [0.05, 0.1) is 6.04 Å². The molecular weight excluding hydrogens is 298 g/mol. The van der Waals surface area contributed by atoms with E-state index >= 15 is 0 Å². The minimum Gasteiger partial charge on any atom is -0.399 e. The molecule has 0 radical (unpaired) electrons. The number of hydrogen-bond donors (Lipinski definition) is 2. The van der Waals surface area contributed by atoms with Crippen LogP contribution in [0.1, 0.15) is 29.0 Å². The molecule has 1 atom stereocenters. The van der Waals surface area contributed by atoms with Crippen LogP contribution in [0.5, 0.6) is 0 Å². The summed E-state index contributed by atoms with van der Waals surface area (Å²) in [6, 6.07) is 21.0. The second-order valence-corrected chi connectivity index (χ2v) is 5.66. The van der Waals surface area contributed by atoms with Gasteiger partial charge in [0.1, 0.15) is 5.69 Å². The zero-order valence-corrected chi connectivity index (χ0v) is 13.4. The normalized spacial score (nSPS) is 11.7. The first kappa shape index (κ1) is 15.7. The molecule has 0 spiro atoms. The van der Waals surface area contributed by atoms with Crippen LogP contribution in [0.3, 0.4) is 0 Å². The Morgan fingerprint density at radius 1 is 0.958 bits per heavy atom. The highest BCUT2D eigenvalue weighted by atomic mass is 16.1. The molecule has 0 aliphatic rings. The van der Waals surface area contributed by atoms with Crippen molar-refractivity contribution in [1.82, 2.24) is 10.3 Å². The summed E-state index contributed by atoms with van der Waals surface area (Å²) in [5, 5.41) is 2.95. The van der Waals surface area contributed by atoms with Crippen LogP contribution in [-0.4, -0.2) is 10.9 Å². The van der Waals surface area contributed by atoms with Crippen molar-refractivity contribution in [3.8, 4) is 11.1 Å². The van der Waals surface area contributed by atoms with Crippen molar-refractivity contribution in [2.45, 2.75) is 13.0 Å². The van der Waals surface area contributed by atoms with E-state index in [2.05, 4.69) is 10.3 Å². The van der Waals surface area contributed by atoms with Crippen LogP contribution in [-0.2, 0) is 0 Å². The lowest BCUT2D eigenvalue weighted by molar-refractivity contribution is 0.0935. The molecule has 1 aromatic heterocycles. The van der Waals surface area contributed by atoms with E-state index in [4.69, 9.17) is 5.73 Å². The highest BCUT2D eigenvalue weighted by molar-refractivity contribution is 5.92. The quantitative estimate of drug-likeness (QED) is 0.719. The molecule has 0 saturated carbocycles. The fourth-order valence-corrected chi connectivity index (χ4v) is 2.47. The van der Waals surface area contributed by atoms with Crippen molar-refractivity contribution in [2.24, 2.45) is 0 Å². The Bertz CT molecular complexity index is 812. The molecule has 0 aliphatic carbocycles. The number of benzene rings is 2. The zero-order valence-electron chi connectivity index (χ0n) is 13.4. The van der Waals surface area contributed by atoms with E-state index in [1.54, 1.807) is 12.3 Å². The van der Waals surface area contributed by atoms with Crippen molar-refractivity contribution >= 4 is 11.6 Å². The number of amides is 1. The standard InChI is InChI=1S/C20H19N3O/c1-14(15-7-10-18(21)11-8-15)23-20(24)19-12-9-17(13-22-19)16-5-3-2-4-6-16/h2-14H,21H2,1H3,(H,23,24). The summed E-state index contributed by atoms with van der Waals surface area (Å²) >= 11 is 0. The van der Waals surface area contributed by atoms with E-state index in [9.17, 15) is 4.79 Å². The highest BCUT2D eigenvalue weighted by Gasteiger charge is 2.12. The van der Waals surface area contributed by atoms with Gasteiger partial charge in [-0.25, -0.2) is 0 Å². The summed E-state index contributed by atoms with van der Waals surface area (Å²) in [6.45, 7) is 1.93. The number of carbonyl (C=O) groups is 1. The van der Waals surface area contributed by atoms with Gasteiger partial charge in [0, 0.05) is 17.4 Å². The van der Waals surface area contributed by atoms with Gasteiger partial charge in [-0.1, -0.05) is 48.5 Å². The van der Waals surface area contributed by atoms with Crippen LogP contribution < -0.4 is 11.1 Å². The number of carbonyl (C=O) groups excluding carboxylic acids is 1. The van der Waals surface area contributed by atoms with E-state index in [0.29, 0.717) is 11.4 Å². The van der Waals surface area contributed by atoms with Crippen LogP contribution in [0.25, 0.3) is 11.1 Å². The van der Waals surface area contributed by atoms with Crippen LogP contribution in [0.2, 0.25) is 0 Å². The molecule has 0 fully saturated rings. The van der Waals surface area contributed by atoms with Crippen LogP contribution in [0.15, 0.2) is 72.9 Å². The summed E-state index contributed by atoms with van der Waals surface area (Å²) in [4.78, 5) is 16.6. The molecule has 1 unspecified atom stereocenters. The predicted molar refractivity (Wildman–Crippen MR) is 96.4 cm³/mol. The summed E-state index contributed by atoms with van der Waals surface area (Å²) in [6.07, 6.45) is 1.72. The molecule has 3 N–H and O–H groups in total. The minimum absolute atomic E-state index is 0.117. The number of nitrogens with zero attached hydrogens (tertiary/aromatic N) is 1. The SMILES string of the molecule is CC(NC(=O)c1ccc(-c2ccccc2)cn1)c1ccc(N)cc1. The molecule has 3 aromatic rings. The number of nitrogens with one attached hydrogen (secondary N) is 1. The third-order valence-electron chi connectivity index (χ3n) is 3.89. The predicted octanol–water partition coefficient (Wildman–Crippen LogP) is 3.82. The Hall–Kier alpha value is -3.14. The smallest absolute Gasteiger partial charge is 0.270 e. The highest BCUT2D eigenvalue weighted by Crippen LogP contribution is 2.18. The molecule has 4 heteroatoms. The van der Waals surface area contributed by atoms with Gasteiger partial charge in [0.2, 0.25) is 0 Å². The van der Waals surface area contributed by atoms with Crippen molar-refractivity contribution in [3.63, 3.8) is 0 Å². The lowest BCUT2D eigenvalue weighted by Crippen LogP contribution is -2.27. The van der Waals surface area contributed by atoms with E-state index in [1.807, 2.05) is 67.6 Å². The maximum Gasteiger partial charge on any atom is 0.270 e. The Balaban J connectivity index is 1.70. The molecule has 120 valence electrons.